The van der Waals surface area contributed by atoms with E-state index in [1.165, 1.54) is 0 Å². The zero-order chi connectivity index (χ0) is 53.5. The van der Waals surface area contributed by atoms with Crippen LogP contribution in [0.3, 0.4) is 0 Å². The van der Waals surface area contributed by atoms with E-state index in [4.69, 9.17) is 33.2 Å². The smallest absolute Gasteiger partial charge is 0.407 e. The molecule has 22 heteroatoms. The summed E-state index contributed by atoms with van der Waals surface area (Å²) in [4.78, 5) is 102. The Hall–Kier alpha value is -5.74. The van der Waals surface area contributed by atoms with Gasteiger partial charge in [0.25, 0.3) is 0 Å². The third-order valence-corrected chi connectivity index (χ3v) is 10.2. The van der Waals surface area contributed by atoms with Crippen molar-refractivity contribution in [3.05, 3.63) is 35.9 Å². The van der Waals surface area contributed by atoms with Crippen LogP contribution in [0.5, 0.6) is 0 Å². The summed E-state index contributed by atoms with van der Waals surface area (Å²) in [7, 11) is 0. The molecule has 1 aromatic carbocycles. The van der Waals surface area contributed by atoms with Gasteiger partial charge in [-0.2, -0.15) is 0 Å². The van der Waals surface area contributed by atoms with E-state index >= 15 is 0 Å². The average molecular weight is 1020 g/mol. The summed E-state index contributed by atoms with van der Waals surface area (Å²) < 4.78 is 39.9. The van der Waals surface area contributed by atoms with Crippen molar-refractivity contribution in [2.75, 3.05) is 78.9 Å². The molecule has 1 fully saturated rings. The van der Waals surface area contributed by atoms with Gasteiger partial charge in [0.05, 0.1) is 45.6 Å². The Morgan fingerprint density at radius 2 is 1.25 bits per heavy atom. The van der Waals surface area contributed by atoms with E-state index in [1.54, 1.807) is 55.4 Å². The molecule has 1 aliphatic heterocycles. The molecule has 1 aliphatic rings. The molecule has 7 N–H and O–H groups in total. The van der Waals surface area contributed by atoms with Crippen LogP contribution < -0.4 is 37.2 Å². The summed E-state index contributed by atoms with van der Waals surface area (Å²) >= 11 is 0. The largest absolute Gasteiger partial charge is 0.461 e. The van der Waals surface area contributed by atoms with Crippen LogP contribution in [0.4, 0.5) is 14.4 Å². The summed E-state index contributed by atoms with van der Waals surface area (Å²) in [5, 5.41) is 19.3. The monoisotopic (exact) mass is 1020 g/mol. The minimum absolute atomic E-state index is 0.0292. The van der Waals surface area contributed by atoms with Gasteiger partial charge < -0.3 is 70.4 Å². The number of rotatable bonds is 21. The van der Waals surface area contributed by atoms with Crippen molar-refractivity contribution in [3.8, 4) is 0 Å². The molecule has 408 valence electrons. The number of alkyl carbamates (subject to hydrolysis) is 3. The Balaban J connectivity index is 2.22. The second kappa shape index (κ2) is 33.1. The number of esters is 1. The zero-order valence-corrected chi connectivity index (χ0v) is 43.9. The van der Waals surface area contributed by atoms with Crippen LogP contribution in [0.15, 0.2) is 30.3 Å². The van der Waals surface area contributed by atoms with Crippen molar-refractivity contribution in [2.24, 2.45) is 5.92 Å². The number of carbonyl (C=O) groups is 8. The quantitative estimate of drug-likeness (QED) is 0.0519. The first kappa shape index (κ1) is 62.4. The van der Waals surface area contributed by atoms with Crippen LogP contribution in [0, 0.1) is 5.92 Å². The van der Waals surface area contributed by atoms with E-state index in [0.717, 1.165) is 5.56 Å². The minimum Gasteiger partial charge on any atom is -0.461 e. The van der Waals surface area contributed by atoms with Gasteiger partial charge in [-0.05, 0) is 99.5 Å². The number of hydrogen-bond acceptors (Lipinski definition) is 15. The molecule has 2 rings (SSSR count). The Kier molecular flexibility index (Phi) is 28.7. The van der Waals surface area contributed by atoms with Gasteiger partial charge in [-0.25, -0.2) is 14.4 Å². The highest BCUT2D eigenvalue weighted by atomic mass is 16.6. The van der Waals surface area contributed by atoms with Crippen molar-refractivity contribution < 1.29 is 71.5 Å². The number of cyclic esters (lactones) is 1. The van der Waals surface area contributed by atoms with E-state index in [1.807, 2.05) is 30.3 Å². The predicted octanol–water partition coefficient (Wildman–Crippen LogP) is 4.07. The lowest BCUT2D eigenvalue weighted by atomic mass is 9.89. The molecule has 0 aliphatic carbocycles. The molecule has 22 nitrogen and oxygen atoms in total. The molecular formula is C50H83N7O15. The van der Waals surface area contributed by atoms with Crippen molar-refractivity contribution in [1.29, 1.82) is 0 Å². The Labute approximate surface area is 424 Å². The molecule has 1 heterocycles. The maximum Gasteiger partial charge on any atom is 0.407 e. The van der Waals surface area contributed by atoms with Crippen LogP contribution >= 0.6 is 0 Å². The van der Waals surface area contributed by atoms with Gasteiger partial charge >= 0.3 is 24.2 Å². The fourth-order valence-corrected chi connectivity index (χ4v) is 6.88. The third kappa shape index (κ3) is 31.6. The lowest BCUT2D eigenvalue weighted by molar-refractivity contribution is -0.152. The van der Waals surface area contributed by atoms with Gasteiger partial charge in [-0.3, -0.25) is 24.0 Å². The highest BCUT2D eigenvalue weighted by Gasteiger charge is 2.35. The van der Waals surface area contributed by atoms with Crippen molar-refractivity contribution in [2.45, 2.75) is 149 Å². The fourth-order valence-electron chi connectivity index (χ4n) is 6.88. The SMILES string of the molecule is CC(C)(C)OC(=O)NCCCNC(=O)CCOCC1(COCCC(=O)NCCCNC(=O)OC(C)(C)C)COCCC(=O)NCCCNC(=O)OC(C)(C)CC(C(=O)OCc2ccccc2)CCCC(=O)N1. The molecule has 1 aromatic rings. The van der Waals surface area contributed by atoms with Gasteiger partial charge in [0, 0.05) is 65.0 Å². The maximum atomic E-state index is 13.9. The molecule has 72 heavy (non-hydrogen) atoms. The van der Waals surface area contributed by atoms with E-state index in [0.29, 0.717) is 19.3 Å². The molecule has 0 bridgehead atoms. The second-order valence-electron chi connectivity index (χ2n) is 20.2. The lowest BCUT2D eigenvalue weighted by Gasteiger charge is -2.34. The number of benzene rings is 1. The predicted molar refractivity (Wildman–Crippen MR) is 265 cm³/mol. The molecule has 7 amide bonds. The summed E-state index contributed by atoms with van der Waals surface area (Å²) in [5.74, 6) is -2.65. The summed E-state index contributed by atoms with van der Waals surface area (Å²) in [6.45, 7) is 14.8. The van der Waals surface area contributed by atoms with Crippen LogP contribution in [0.25, 0.3) is 0 Å². The molecule has 1 saturated heterocycles. The molecule has 0 radical (unpaired) electrons. The van der Waals surface area contributed by atoms with Crippen molar-refractivity contribution in [3.63, 3.8) is 0 Å². The fraction of sp³-hybridized carbons (Fsp3) is 0.720. The van der Waals surface area contributed by atoms with E-state index in [2.05, 4.69) is 37.2 Å². The molecule has 0 saturated carbocycles. The standard InChI is InChI=1S/C50H83N7O15/c1-47(2,3)70-44(63)54-26-13-23-51-39(58)20-29-66-34-50(35-67-30-21-40(59)52-24-14-27-55-45(64)71-48(4,5)6)36-68-31-22-41(60)53-25-15-28-56-46(65)72-49(7,8)32-38(18-12-19-42(61)57-50)43(62)69-33-37-16-10-9-11-17-37/h9-11,16-17,38H,12-15,18-36H2,1-8H3,(H,51,58)(H,52,59)(H,53,60)(H,54,63)(H,55,64)(H,56,65)(H,57,61). The highest BCUT2D eigenvalue weighted by molar-refractivity contribution is 5.78. The Bertz CT molecular complexity index is 1780. The van der Waals surface area contributed by atoms with Gasteiger partial charge in [0.1, 0.15) is 28.9 Å². The average Bonchev–Trinajstić information content (AvgIpc) is 3.28. The number of nitrogens with one attached hydrogen (secondary N) is 7. The van der Waals surface area contributed by atoms with Crippen molar-refractivity contribution in [1.82, 2.24) is 37.2 Å². The lowest BCUT2D eigenvalue weighted by Crippen LogP contribution is -2.58. The first-order chi connectivity index (χ1) is 33.9. The van der Waals surface area contributed by atoms with Gasteiger partial charge in [0.2, 0.25) is 23.6 Å². The highest BCUT2D eigenvalue weighted by Crippen LogP contribution is 2.27. The number of ether oxygens (including phenoxy) is 7. The van der Waals surface area contributed by atoms with E-state index in [-0.39, 0.29) is 148 Å². The van der Waals surface area contributed by atoms with Gasteiger partial charge in [-0.1, -0.05) is 30.3 Å². The number of carbonyl (C=O) groups excluding carboxylic acids is 8. The first-order valence-corrected chi connectivity index (χ1v) is 24.9. The molecule has 1 atom stereocenters. The normalized spacial score (nSPS) is 17.4. The van der Waals surface area contributed by atoms with Gasteiger partial charge in [-0.15, -0.1) is 0 Å². The van der Waals surface area contributed by atoms with Crippen LogP contribution in [-0.2, 0) is 63.7 Å². The van der Waals surface area contributed by atoms with E-state index < -0.39 is 58.4 Å². The van der Waals surface area contributed by atoms with Crippen LogP contribution in [0.2, 0.25) is 0 Å². The third-order valence-electron chi connectivity index (χ3n) is 10.2. The second-order valence-corrected chi connectivity index (χ2v) is 20.2. The van der Waals surface area contributed by atoms with Crippen LogP contribution in [0.1, 0.15) is 125 Å². The van der Waals surface area contributed by atoms with Crippen molar-refractivity contribution >= 4 is 47.9 Å². The summed E-state index contributed by atoms with van der Waals surface area (Å²) in [6, 6.07) is 9.18. The Morgan fingerprint density at radius 3 is 1.81 bits per heavy atom. The molecule has 0 aromatic heterocycles. The van der Waals surface area contributed by atoms with Gasteiger partial charge in [0.15, 0.2) is 0 Å². The van der Waals surface area contributed by atoms with E-state index in [9.17, 15) is 38.4 Å². The summed E-state index contributed by atoms with van der Waals surface area (Å²) in [6.07, 6.45) is -0.130. The molecule has 1 unspecified atom stereocenters. The topological polar surface area (TPSA) is 285 Å². The molecule has 0 spiro atoms. The summed E-state index contributed by atoms with van der Waals surface area (Å²) in [5.41, 5.74) is -2.98. The number of hydrogen-bond donors (Lipinski definition) is 7. The Morgan fingerprint density at radius 1 is 0.708 bits per heavy atom. The minimum atomic E-state index is -1.38. The molecular weight excluding hydrogens is 939 g/mol. The first-order valence-electron chi connectivity index (χ1n) is 24.9. The zero-order valence-electron chi connectivity index (χ0n) is 43.9. The number of amides is 7. The maximum absolute atomic E-state index is 13.9. The van der Waals surface area contributed by atoms with Crippen LogP contribution in [-0.4, -0.2) is 149 Å².